The molecule has 5 heteroatoms. The summed E-state index contributed by atoms with van der Waals surface area (Å²) >= 11 is 0. The molecule has 1 heterocycles. The van der Waals surface area contributed by atoms with Crippen LogP contribution in [-0.4, -0.2) is 40.8 Å². The number of hydrogen-bond donors (Lipinski definition) is 1. The van der Waals surface area contributed by atoms with Crippen LogP contribution in [-0.2, 0) is 9.53 Å². The molecular weight excluding hydrogens is 354 g/mol. The second kappa shape index (κ2) is 6.36. The van der Waals surface area contributed by atoms with Crippen LogP contribution in [0.2, 0.25) is 0 Å². The van der Waals surface area contributed by atoms with Crippen molar-refractivity contribution in [2.24, 2.45) is 5.41 Å². The second-order valence-corrected chi connectivity index (χ2v) is 8.75. The Labute approximate surface area is 164 Å². The normalized spacial score (nSPS) is 22.6. The van der Waals surface area contributed by atoms with Crippen molar-refractivity contribution in [3.05, 3.63) is 59.7 Å². The fourth-order valence-electron chi connectivity index (χ4n) is 4.80. The summed E-state index contributed by atoms with van der Waals surface area (Å²) in [7, 11) is 0. The molecule has 1 fully saturated rings. The van der Waals surface area contributed by atoms with Gasteiger partial charge in [-0.05, 0) is 49.4 Å². The third-order valence-electron chi connectivity index (χ3n) is 6.13. The number of carbonyl (C=O) groups excluding carboxylic acids is 1. The fourth-order valence-corrected chi connectivity index (χ4v) is 4.80. The Kier molecular flexibility index (Phi) is 4.21. The average Bonchev–Trinajstić information content (AvgIpc) is 3.11. The standard InChI is InChI=1S/C23H25NO4/c1-22(2)13-23(3,20(25)26)14-24(22)21(27)28-12-19-17-10-6-4-8-15(17)16-9-5-7-11-18(16)19/h4-11,19H,12-14H2,1-3H3,(H,25,26). The number of ether oxygens (including phenoxy) is 1. The van der Waals surface area contributed by atoms with Crippen LogP contribution >= 0.6 is 0 Å². The molecule has 1 saturated heterocycles. The van der Waals surface area contributed by atoms with Crippen molar-refractivity contribution in [3.63, 3.8) is 0 Å². The minimum atomic E-state index is -0.949. The van der Waals surface area contributed by atoms with Gasteiger partial charge in [0.1, 0.15) is 6.61 Å². The van der Waals surface area contributed by atoms with Crippen molar-refractivity contribution >= 4 is 12.1 Å². The number of nitrogens with zero attached hydrogens (tertiary/aromatic N) is 1. The van der Waals surface area contributed by atoms with E-state index in [1.54, 1.807) is 11.8 Å². The van der Waals surface area contributed by atoms with E-state index in [0.29, 0.717) is 6.42 Å². The molecule has 1 atom stereocenters. The van der Waals surface area contributed by atoms with Crippen molar-refractivity contribution in [3.8, 4) is 11.1 Å². The number of likely N-dealkylation sites (tertiary alicyclic amines) is 1. The molecule has 1 aliphatic carbocycles. The second-order valence-electron chi connectivity index (χ2n) is 8.75. The van der Waals surface area contributed by atoms with Crippen LogP contribution in [0.3, 0.4) is 0 Å². The van der Waals surface area contributed by atoms with E-state index in [2.05, 4.69) is 24.3 Å². The number of benzene rings is 2. The van der Waals surface area contributed by atoms with E-state index in [0.717, 1.165) is 11.1 Å². The highest BCUT2D eigenvalue weighted by molar-refractivity contribution is 5.80. The first-order valence-electron chi connectivity index (χ1n) is 9.59. The highest BCUT2D eigenvalue weighted by Gasteiger charge is 2.52. The fraction of sp³-hybridized carbons (Fsp3) is 0.391. The molecule has 2 aromatic carbocycles. The summed E-state index contributed by atoms with van der Waals surface area (Å²) in [5.41, 5.74) is 3.17. The number of amides is 1. The maximum Gasteiger partial charge on any atom is 0.410 e. The van der Waals surface area contributed by atoms with E-state index >= 15 is 0 Å². The molecule has 0 saturated carbocycles. The Morgan fingerprint density at radius 1 is 1.04 bits per heavy atom. The predicted molar refractivity (Wildman–Crippen MR) is 106 cm³/mol. The minimum Gasteiger partial charge on any atom is -0.481 e. The minimum absolute atomic E-state index is 0.00655. The Morgan fingerprint density at radius 3 is 2.07 bits per heavy atom. The number of fused-ring (bicyclic) bond motifs is 3. The smallest absolute Gasteiger partial charge is 0.410 e. The van der Waals surface area contributed by atoms with E-state index in [-0.39, 0.29) is 19.1 Å². The van der Waals surface area contributed by atoms with Crippen molar-refractivity contribution < 1.29 is 19.4 Å². The van der Waals surface area contributed by atoms with Crippen LogP contribution in [0.5, 0.6) is 0 Å². The van der Waals surface area contributed by atoms with Gasteiger partial charge in [-0.1, -0.05) is 48.5 Å². The van der Waals surface area contributed by atoms with Crippen molar-refractivity contribution in [1.82, 2.24) is 4.90 Å². The Hall–Kier alpha value is -2.82. The van der Waals surface area contributed by atoms with Gasteiger partial charge < -0.3 is 14.7 Å². The monoisotopic (exact) mass is 379 g/mol. The summed E-state index contributed by atoms with van der Waals surface area (Å²) < 4.78 is 5.73. The number of aliphatic carboxylic acids is 1. The molecule has 0 bridgehead atoms. The molecule has 1 unspecified atom stereocenters. The first-order chi connectivity index (χ1) is 13.2. The summed E-state index contributed by atoms with van der Waals surface area (Å²) in [5.74, 6) is -0.887. The zero-order chi connectivity index (χ0) is 20.1. The molecule has 0 radical (unpaired) electrons. The van der Waals surface area contributed by atoms with Crippen LogP contribution < -0.4 is 0 Å². The van der Waals surface area contributed by atoms with Gasteiger partial charge in [-0.3, -0.25) is 4.79 Å². The first kappa shape index (κ1) is 18.5. The highest BCUT2D eigenvalue weighted by Crippen LogP contribution is 2.45. The predicted octanol–water partition coefficient (Wildman–Crippen LogP) is 4.51. The van der Waals surface area contributed by atoms with E-state index in [4.69, 9.17) is 4.74 Å². The van der Waals surface area contributed by atoms with Gasteiger partial charge in [0.2, 0.25) is 0 Å². The third kappa shape index (κ3) is 2.86. The van der Waals surface area contributed by atoms with E-state index in [9.17, 15) is 14.7 Å². The maximum atomic E-state index is 12.9. The van der Waals surface area contributed by atoms with E-state index in [1.165, 1.54) is 11.1 Å². The molecule has 4 rings (SSSR count). The van der Waals surface area contributed by atoms with Crippen molar-refractivity contribution in [1.29, 1.82) is 0 Å². The quantitative estimate of drug-likeness (QED) is 0.852. The molecule has 5 nitrogen and oxygen atoms in total. The van der Waals surface area contributed by atoms with Gasteiger partial charge in [-0.25, -0.2) is 4.79 Å². The van der Waals surface area contributed by atoms with E-state index in [1.807, 2.05) is 38.1 Å². The van der Waals surface area contributed by atoms with Gasteiger partial charge in [-0.15, -0.1) is 0 Å². The SMILES string of the molecule is CC1(C(=O)O)CN(C(=O)OCC2c3ccccc3-c3ccccc32)C(C)(C)C1. The van der Waals surface area contributed by atoms with Crippen LogP contribution in [0, 0.1) is 5.41 Å². The van der Waals surface area contributed by atoms with E-state index < -0.39 is 23.0 Å². The number of carboxylic acid groups (broad SMARTS) is 1. The van der Waals surface area contributed by atoms with Crippen molar-refractivity contribution in [2.75, 3.05) is 13.2 Å². The Balaban J connectivity index is 1.54. The van der Waals surface area contributed by atoms with Crippen LogP contribution in [0.4, 0.5) is 4.79 Å². The topological polar surface area (TPSA) is 66.8 Å². The Bertz CT molecular complexity index is 906. The van der Waals surface area contributed by atoms with Crippen LogP contribution in [0.25, 0.3) is 11.1 Å². The van der Waals surface area contributed by atoms with Crippen LogP contribution in [0.15, 0.2) is 48.5 Å². The molecule has 0 spiro atoms. The molecule has 1 amide bonds. The average molecular weight is 379 g/mol. The zero-order valence-corrected chi connectivity index (χ0v) is 16.4. The van der Waals surface area contributed by atoms with Gasteiger partial charge in [0, 0.05) is 18.0 Å². The lowest BCUT2D eigenvalue weighted by Gasteiger charge is -2.30. The number of carboxylic acids is 1. The lowest BCUT2D eigenvalue weighted by atomic mass is 9.84. The Morgan fingerprint density at radius 2 is 1.57 bits per heavy atom. The lowest BCUT2D eigenvalue weighted by Crippen LogP contribution is -2.43. The van der Waals surface area contributed by atoms with Gasteiger partial charge >= 0.3 is 12.1 Å². The zero-order valence-electron chi connectivity index (χ0n) is 16.4. The van der Waals surface area contributed by atoms with Gasteiger partial charge in [0.15, 0.2) is 0 Å². The summed E-state index contributed by atoms with van der Waals surface area (Å²) in [6.45, 7) is 5.87. The number of carbonyl (C=O) groups is 2. The lowest BCUT2D eigenvalue weighted by molar-refractivity contribution is -0.147. The number of hydrogen-bond acceptors (Lipinski definition) is 3. The molecule has 1 aliphatic heterocycles. The molecule has 2 aromatic rings. The molecule has 1 N–H and O–H groups in total. The molecular formula is C23H25NO4. The molecule has 0 aromatic heterocycles. The summed E-state index contributed by atoms with van der Waals surface area (Å²) in [5, 5.41) is 9.55. The molecule has 2 aliphatic rings. The summed E-state index contributed by atoms with van der Waals surface area (Å²) in [6.07, 6.45) is -0.0451. The van der Waals surface area contributed by atoms with Crippen molar-refractivity contribution in [2.45, 2.75) is 38.6 Å². The first-order valence-corrected chi connectivity index (χ1v) is 9.59. The molecule has 28 heavy (non-hydrogen) atoms. The highest BCUT2D eigenvalue weighted by atomic mass is 16.6. The largest absolute Gasteiger partial charge is 0.481 e. The van der Waals surface area contributed by atoms with Crippen LogP contribution in [0.1, 0.15) is 44.2 Å². The van der Waals surface area contributed by atoms with Gasteiger partial charge in [-0.2, -0.15) is 0 Å². The molecule has 146 valence electrons. The summed E-state index contributed by atoms with van der Waals surface area (Å²) in [6, 6.07) is 16.4. The van der Waals surface area contributed by atoms with Gasteiger partial charge in [0.25, 0.3) is 0 Å². The van der Waals surface area contributed by atoms with Gasteiger partial charge in [0.05, 0.1) is 5.41 Å². The third-order valence-corrected chi connectivity index (χ3v) is 6.13. The summed E-state index contributed by atoms with van der Waals surface area (Å²) in [4.78, 5) is 26.1. The number of rotatable bonds is 3. The maximum absolute atomic E-state index is 12.9.